The first kappa shape index (κ1) is 10.0. The van der Waals surface area contributed by atoms with Gasteiger partial charge in [0.25, 0.3) is 0 Å². The van der Waals surface area contributed by atoms with E-state index in [1.165, 1.54) is 12.3 Å². The molecule has 0 aliphatic heterocycles. The molecule has 1 heterocycles. The standard InChI is InChI=1S/C8H11FN2O2/c9-5-2-1-3-11-7(5)8(13)6(12)4-10/h1-3,6,8,12-13H,4,10H2. The number of nitrogens with two attached hydrogens (primary N) is 1. The SMILES string of the molecule is NCC(O)C(O)c1ncccc1F. The van der Waals surface area contributed by atoms with E-state index < -0.39 is 18.0 Å². The Morgan fingerprint density at radius 2 is 2.23 bits per heavy atom. The van der Waals surface area contributed by atoms with Crippen molar-refractivity contribution in [2.75, 3.05) is 6.54 Å². The molecule has 0 bridgehead atoms. The number of aromatic nitrogens is 1. The number of aliphatic hydroxyl groups is 2. The number of pyridine rings is 1. The second-order valence-corrected chi connectivity index (χ2v) is 2.62. The molecule has 0 fully saturated rings. The molecule has 0 saturated heterocycles. The van der Waals surface area contributed by atoms with Crippen LogP contribution < -0.4 is 5.73 Å². The Bertz CT molecular complexity index is 283. The van der Waals surface area contributed by atoms with Crippen LogP contribution in [0.3, 0.4) is 0 Å². The van der Waals surface area contributed by atoms with Crippen molar-refractivity contribution in [3.8, 4) is 0 Å². The molecule has 4 N–H and O–H groups in total. The number of nitrogens with zero attached hydrogens (tertiary/aromatic N) is 1. The smallest absolute Gasteiger partial charge is 0.147 e. The van der Waals surface area contributed by atoms with Crippen molar-refractivity contribution in [2.24, 2.45) is 5.73 Å². The number of rotatable bonds is 3. The van der Waals surface area contributed by atoms with Crippen LogP contribution >= 0.6 is 0 Å². The highest BCUT2D eigenvalue weighted by Crippen LogP contribution is 2.16. The molecule has 0 radical (unpaired) electrons. The molecule has 2 atom stereocenters. The van der Waals surface area contributed by atoms with E-state index in [-0.39, 0.29) is 12.2 Å². The minimum absolute atomic E-state index is 0.142. The minimum atomic E-state index is -1.37. The van der Waals surface area contributed by atoms with E-state index in [4.69, 9.17) is 10.8 Å². The summed E-state index contributed by atoms with van der Waals surface area (Å²) in [5, 5.41) is 18.5. The van der Waals surface area contributed by atoms with Gasteiger partial charge in [-0.15, -0.1) is 0 Å². The van der Waals surface area contributed by atoms with Gasteiger partial charge in [0.1, 0.15) is 17.6 Å². The third-order valence-electron chi connectivity index (χ3n) is 1.67. The quantitative estimate of drug-likeness (QED) is 0.598. The molecule has 0 aliphatic rings. The van der Waals surface area contributed by atoms with E-state index in [1.54, 1.807) is 0 Å². The fraction of sp³-hybridized carbons (Fsp3) is 0.375. The summed E-state index contributed by atoms with van der Waals surface area (Å²) >= 11 is 0. The molecule has 0 saturated carbocycles. The van der Waals surface area contributed by atoms with Crippen molar-refractivity contribution in [1.29, 1.82) is 0 Å². The van der Waals surface area contributed by atoms with Gasteiger partial charge in [-0.25, -0.2) is 4.39 Å². The molecule has 0 amide bonds. The summed E-state index contributed by atoms with van der Waals surface area (Å²) < 4.78 is 13.0. The highest BCUT2D eigenvalue weighted by atomic mass is 19.1. The lowest BCUT2D eigenvalue weighted by atomic mass is 10.1. The van der Waals surface area contributed by atoms with E-state index in [0.717, 1.165) is 6.07 Å². The van der Waals surface area contributed by atoms with Crippen LogP contribution in [0, 0.1) is 5.82 Å². The van der Waals surface area contributed by atoms with Crippen molar-refractivity contribution < 1.29 is 14.6 Å². The minimum Gasteiger partial charge on any atom is -0.389 e. The molecular formula is C8H11FN2O2. The van der Waals surface area contributed by atoms with Gasteiger partial charge in [-0.05, 0) is 12.1 Å². The molecule has 13 heavy (non-hydrogen) atoms. The fourth-order valence-electron chi connectivity index (χ4n) is 0.927. The molecule has 72 valence electrons. The zero-order valence-electron chi connectivity index (χ0n) is 6.89. The van der Waals surface area contributed by atoms with Gasteiger partial charge in [0.15, 0.2) is 0 Å². The average molecular weight is 186 g/mol. The highest BCUT2D eigenvalue weighted by molar-refractivity contribution is 5.11. The molecule has 1 aromatic heterocycles. The Balaban J connectivity index is 2.88. The molecule has 4 nitrogen and oxygen atoms in total. The van der Waals surface area contributed by atoms with Gasteiger partial charge in [-0.1, -0.05) is 0 Å². The fourth-order valence-corrected chi connectivity index (χ4v) is 0.927. The van der Waals surface area contributed by atoms with Gasteiger partial charge >= 0.3 is 0 Å². The summed E-state index contributed by atoms with van der Waals surface area (Å²) in [6.45, 7) is -0.142. The van der Waals surface area contributed by atoms with Crippen molar-refractivity contribution >= 4 is 0 Å². The predicted octanol–water partition coefficient (Wildman–Crippen LogP) is -0.426. The van der Waals surface area contributed by atoms with Crippen LogP contribution in [0.15, 0.2) is 18.3 Å². The Morgan fingerprint density at radius 3 is 2.77 bits per heavy atom. The van der Waals surface area contributed by atoms with Crippen molar-refractivity contribution in [3.05, 3.63) is 29.8 Å². The second-order valence-electron chi connectivity index (χ2n) is 2.62. The van der Waals surface area contributed by atoms with E-state index in [0.29, 0.717) is 0 Å². The predicted molar refractivity (Wildman–Crippen MR) is 44.2 cm³/mol. The summed E-state index contributed by atoms with van der Waals surface area (Å²) in [4.78, 5) is 3.61. The Morgan fingerprint density at radius 1 is 1.54 bits per heavy atom. The van der Waals surface area contributed by atoms with Gasteiger partial charge in [0.2, 0.25) is 0 Å². The van der Waals surface area contributed by atoms with Gasteiger partial charge < -0.3 is 15.9 Å². The maximum atomic E-state index is 13.0. The van der Waals surface area contributed by atoms with E-state index in [1.807, 2.05) is 0 Å². The molecule has 1 rings (SSSR count). The Hall–Kier alpha value is -1.04. The number of halogens is 1. The van der Waals surface area contributed by atoms with E-state index >= 15 is 0 Å². The maximum absolute atomic E-state index is 13.0. The molecule has 5 heteroatoms. The lowest BCUT2D eigenvalue weighted by Crippen LogP contribution is -2.28. The monoisotopic (exact) mass is 186 g/mol. The van der Waals surface area contributed by atoms with Gasteiger partial charge in [0, 0.05) is 12.7 Å². The zero-order valence-corrected chi connectivity index (χ0v) is 6.89. The van der Waals surface area contributed by atoms with Crippen LogP contribution in [0.25, 0.3) is 0 Å². The first-order chi connectivity index (χ1) is 6.16. The van der Waals surface area contributed by atoms with E-state index in [9.17, 15) is 9.50 Å². The number of hydrogen-bond donors (Lipinski definition) is 3. The van der Waals surface area contributed by atoms with Crippen LogP contribution in [0.1, 0.15) is 11.8 Å². The lowest BCUT2D eigenvalue weighted by Gasteiger charge is -2.15. The molecule has 1 aromatic rings. The number of hydrogen-bond acceptors (Lipinski definition) is 4. The van der Waals surface area contributed by atoms with Crippen LogP contribution in [-0.2, 0) is 0 Å². The second kappa shape index (κ2) is 4.27. The molecular weight excluding hydrogens is 175 g/mol. The lowest BCUT2D eigenvalue weighted by molar-refractivity contribution is 0.0194. The molecule has 2 unspecified atom stereocenters. The summed E-state index contributed by atoms with van der Waals surface area (Å²) in [5.41, 5.74) is 4.92. The van der Waals surface area contributed by atoms with Gasteiger partial charge in [-0.3, -0.25) is 4.98 Å². The highest BCUT2D eigenvalue weighted by Gasteiger charge is 2.20. The van der Waals surface area contributed by atoms with Crippen molar-refractivity contribution in [3.63, 3.8) is 0 Å². The topological polar surface area (TPSA) is 79.4 Å². The van der Waals surface area contributed by atoms with Gasteiger partial charge in [-0.2, -0.15) is 0 Å². The summed E-state index contributed by atoms with van der Waals surface area (Å²) in [7, 11) is 0. The van der Waals surface area contributed by atoms with E-state index in [2.05, 4.69) is 4.98 Å². The van der Waals surface area contributed by atoms with Crippen LogP contribution in [0.4, 0.5) is 4.39 Å². The molecule has 0 spiro atoms. The summed E-state index contributed by atoms with van der Waals surface area (Å²) in [6, 6.07) is 2.56. The first-order valence-corrected chi connectivity index (χ1v) is 3.83. The normalized spacial score (nSPS) is 15.4. The van der Waals surface area contributed by atoms with Crippen LogP contribution in [0.5, 0.6) is 0 Å². The number of aliphatic hydroxyl groups excluding tert-OH is 2. The zero-order chi connectivity index (χ0) is 9.84. The van der Waals surface area contributed by atoms with Crippen molar-refractivity contribution in [1.82, 2.24) is 4.98 Å². The Labute approximate surface area is 74.8 Å². The third-order valence-corrected chi connectivity index (χ3v) is 1.67. The maximum Gasteiger partial charge on any atom is 0.147 e. The third kappa shape index (κ3) is 2.21. The van der Waals surface area contributed by atoms with Gasteiger partial charge in [0.05, 0.1) is 6.10 Å². The summed E-state index contributed by atoms with van der Waals surface area (Å²) in [5.74, 6) is -0.650. The first-order valence-electron chi connectivity index (χ1n) is 3.83. The molecule has 0 aliphatic carbocycles. The average Bonchev–Trinajstić information content (AvgIpc) is 2.16. The Kier molecular flexibility index (Phi) is 3.30. The molecule has 0 aromatic carbocycles. The largest absolute Gasteiger partial charge is 0.389 e. The van der Waals surface area contributed by atoms with Crippen LogP contribution in [-0.4, -0.2) is 27.8 Å². The summed E-state index contributed by atoms with van der Waals surface area (Å²) in [6.07, 6.45) is -1.22. The van der Waals surface area contributed by atoms with Crippen LogP contribution in [0.2, 0.25) is 0 Å². The van der Waals surface area contributed by atoms with Crippen molar-refractivity contribution in [2.45, 2.75) is 12.2 Å².